The lowest BCUT2D eigenvalue weighted by molar-refractivity contribution is -0.152. The van der Waals surface area contributed by atoms with Crippen molar-refractivity contribution in [2.24, 2.45) is 11.8 Å². The van der Waals surface area contributed by atoms with Crippen molar-refractivity contribution in [3.63, 3.8) is 0 Å². The van der Waals surface area contributed by atoms with Crippen LogP contribution in [-0.4, -0.2) is 33.9 Å². The van der Waals surface area contributed by atoms with E-state index in [1.54, 1.807) is 24.3 Å². The molecule has 0 aromatic carbocycles. The lowest BCUT2D eigenvalue weighted by atomic mass is 9.78. The van der Waals surface area contributed by atoms with Gasteiger partial charge >= 0.3 is 5.97 Å². The average Bonchev–Trinajstić information content (AvgIpc) is 2.53. The zero-order valence-corrected chi connectivity index (χ0v) is 12.5. The highest BCUT2D eigenvalue weighted by atomic mass is 16.4. The van der Waals surface area contributed by atoms with Gasteiger partial charge in [0.15, 0.2) is 0 Å². The number of aromatic nitrogens is 1. The number of carboxylic acids is 1. The maximum atomic E-state index is 12.7. The van der Waals surface area contributed by atoms with E-state index in [0.29, 0.717) is 12.8 Å². The van der Waals surface area contributed by atoms with Crippen molar-refractivity contribution < 1.29 is 14.7 Å². The first-order valence-corrected chi connectivity index (χ1v) is 7.41. The monoisotopic (exact) mass is 290 g/mol. The summed E-state index contributed by atoms with van der Waals surface area (Å²) in [5.41, 5.74) is 1.00. The number of hydrogen-bond acceptors (Lipinski definition) is 3. The zero-order chi connectivity index (χ0) is 15.4. The molecule has 1 aliphatic rings. The molecular formula is C16H22N2O3. The summed E-state index contributed by atoms with van der Waals surface area (Å²) in [5, 5.41) is 9.32. The Morgan fingerprint density at radius 2 is 1.81 bits per heavy atom. The number of amides is 1. The molecule has 1 saturated carbocycles. The molecule has 5 nitrogen and oxygen atoms in total. The van der Waals surface area contributed by atoms with Crippen LogP contribution < -0.4 is 0 Å². The third kappa shape index (κ3) is 3.40. The standard InChI is InChI=1S/C16H22N2O3/c1-11(12-7-9-17-10-8-12)18(2)15(19)13-5-3-4-6-14(13)16(20)21/h7-11,13-14H,3-6H2,1-2H3,(H,20,21). The molecule has 1 aliphatic carbocycles. The summed E-state index contributed by atoms with van der Waals surface area (Å²) in [7, 11) is 1.75. The van der Waals surface area contributed by atoms with E-state index in [-0.39, 0.29) is 11.9 Å². The van der Waals surface area contributed by atoms with E-state index in [2.05, 4.69) is 4.98 Å². The Balaban J connectivity index is 2.12. The van der Waals surface area contributed by atoms with Crippen LogP contribution in [-0.2, 0) is 9.59 Å². The van der Waals surface area contributed by atoms with Crippen LogP contribution >= 0.6 is 0 Å². The van der Waals surface area contributed by atoms with Crippen molar-refractivity contribution >= 4 is 11.9 Å². The van der Waals surface area contributed by atoms with Crippen molar-refractivity contribution in [3.8, 4) is 0 Å². The second-order valence-corrected chi connectivity index (χ2v) is 5.74. The SMILES string of the molecule is CC(c1ccncc1)N(C)C(=O)C1CCCCC1C(=O)O. The summed E-state index contributed by atoms with van der Waals surface area (Å²) in [4.78, 5) is 29.7. The Labute approximate surface area is 125 Å². The second-order valence-electron chi connectivity index (χ2n) is 5.74. The second kappa shape index (κ2) is 6.70. The number of carbonyl (C=O) groups excluding carboxylic acids is 1. The maximum absolute atomic E-state index is 12.7. The molecule has 3 atom stereocenters. The number of aliphatic carboxylic acids is 1. The molecule has 114 valence electrons. The van der Waals surface area contributed by atoms with Gasteiger partial charge in [0.05, 0.1) is 17.9 Å². The number of nitrogens with zero attached hydrogens (tertiary/aromatic N) is 2. The van der Waals surface area contributed by atoms with Gasteiger partial charge in [0.1, 0.15) is 0 Å². The molecule has 0 spiro atoms. The number of carbonyl (C=O) groups is 2. The number of pyridine rings is 1. The third-order valence-electron chi connectivity index (χ3n) is 4.52. The lowest BCUT2D eigenvalue weighted by Crippen LogP contribution is -2.41. The van der Waals surface area contributed by atoms with Crippen LogP contribution in [0, 0.1) is 11.8 Å². The summed E-state index contributed by atoms with van der Waals surface area (Å²) in [5.74, 6) is -1.85. The van der Waals surface area contributed by atoms with Crippen molar-refractivity contribution in [1.82, 2.24) is 9.88 Å². The van der Waals surface area contributed by atoms with E-state index < -0.39 is 17.8 Å². The lowest BCUT2D eigenvalue weighted by Gasteiger charge is -2.34. The molecule has 2 rings (SSSR count). The topological polar surface area (TPSA) is 70.5 Å². The summed E-state index contributed by atoms with van der Waals surface area (Å²) in [6.07, 6.45) is 6.49. The molecule has 0 saturated heterocycles. The van der Waals surface area contributed by atoms with Gasteiger partial charge in [0.2, 0.25) is 5.91 Å². The van der Waals surface area contributed by atoms with Crippen LogP contribution in [0.5, 0.6) is 0 Å². The van der Waals surface area contributed by atoms with Crippen LogP contribution in [0.15, 0.2) is 24.5 Å². The summed E-state index contributed by atoms with van der Waals surface area (Å²) in [6.45, 7) is 1.95. The van der Waals surface area contributed by atoms with Gasteiger partial charge in [-0.05, 0) is 37.5 Å². The highest BCUT2D eigenvalue weighted by molar-refractivity contribution is 5.85. The van der Waals surface area contributed by atoms with E-state index in [1.165, 1.54) is 0 Å². The molecule has 5 heteroatoms. The largest absolute Gasteiger partial charge is 0.481 e. The van der Waals surface area contributed by atoms with Gasteiger partial charge in [-0.3, -0.25) is 14.6 Å². The fourth-order valence-electron chi connectivity index (χ4n) is 3.04. The average molecular weight is 290 g/mol. The maximum Gasteiger partial charge on any atom is 0.307 e. The quantitative estimate of drug-likeness (QED) is 0.925. The number of rotatable bonds is 4. The first-order valence-electron chi connectivity index (χ1n) is 7.41. The van der Waals surface area contributed by atoms with E-state index in [0.717, 1.165) is 18.4 Å². The van der Waals surface area contributed by atoms with Gasteiger partial charge in [-0.25, -0.2) is 0 Å². The van der Waals surface area contributed by atoms with Crippen LogP contribution in [0.3, 0.4) is 0 Å². The number of carboxylic acid groups (broad SMARTS) is 1. The molecule has 0 bridgehead atoms. The Hall–Kier alpha value is -1.91. The smallest absolute Gasteiger partial charge is 0.307 e. The number of hydrogen-bond donors (Lipinski definition) is 1. The Kier molecular flexibility index (Phi) is 4.94. The molecule has 1 heterocycles. The van der Waals surface area contributed by atoms with E-state index in [4.69, 9.17) is 0 Å². The third-order valence-corrected chi connectivity index (χ3v) is 4.52. The van der Waals surface area contributed by atoms with Crippen molar-refractivity contribution in [1.29, 1.82) is 0 Å². The molecule has 3 unspecified atom stereocenters. The molecule has 1 aromatic heterocycles. The van der Waals surface area contributed by atoms with Gasteiger partial charge in [0.25, 0.3) is 0 Å². The predicted molar refractivity (Wildman–Crippen MR) is 78.5 cm³/mol. The van der Waals surface area contributed by atoms with Gasteiger partial charge in [0, 0.05) is 19.4 Å². The minimum atomic E-state index is -0.849. The van der Waals surface area contributed by atoms with E-state index in [9.17, 15) is 14.7 Å². The first-order chi connectivity index (χ1) is 10.0. The molecule has 0 radical (unpaired) electrons. The van der Waals surface area contributed by atoms with Crippen molar-refractivity contribution in [3.05, 3.63) is 30.1 Å². The molecule has 1 aromatic rings. The van der Waals surface area contributed by atoms with Gasteiger partial charge < -0.3 is 10.0 Å². The normalized spacial score (nSPS) is 23.3. The molecule has 1 amide bonds. The minimum Gasteiger partial charge on any atom is -0.481 e. The zero-order valence-electron chi connectivity index (χ0n) is 12.5. The van der Waals surface area contributed by atoms with Crippen LogP contribution in [0.2, 0.25) is 0 Å². The van der Waals surface area contributed by atoms with Crippen molar-refractivity contribution in [2.75, 3.05) is 7.05 Å². The fourth-order valence-corrected chi connectivity index (χ4v) is 3.04. The van der Waals surface area contributed by atoms with Gasteiger partial charge in [-0.15, -0.1) is 0 Å². The molecule has 1 fully saturated rings. The molecule has 0 aliphatic heterocycles. The van der Waals surface area contributed by atoms with Gasteiger partial charge in [-0.1, -0.05) is 12.8 Å². The highest BCUT2D eigenvalue weighted by Crippen LogP contribution is 2.33. The Bertz CT molecular complexity index is 504. The summed E-state index contributed by atoms with van der Waals surface area (Å²) in [6, 6.07) is 3.67. The molecule has 1 N–H and O–H groups in total. The minimum absolute atomic E-state index is 0.0635. The first kappa shape index (κ1) is 15.5. The Morgan fingerprint density at radius 1 is 1.24 bits per heavy atom. The fraction of sp³-hybridized carbons (Fsp3) is 0.562. The molecular weight excluding hydrogens is 268 g/mol. The Morgan fingerprint density at radius 3 is 2.38 bits per heavy atom. The van der Waals surface area contributed by atoms with Crippen LogP contribution in [0.4, 0.5) is 0 Å². The highest BCUT2D eigenvalue weighted by Gasteiger charge is 2.38. The van der Waals surface area contributed by atoms with E-state index >= 15 is 0 Å². The van der Waals surface area contributed by atoms with Crippen LogP contribution in [0.25, 0.3) is 0 Å². The van der Waals surface area contributed by atoms with Crippen molar-refractivity contribution in [2.45, 2.75) is 38.6 Å². The van der Waals surface area contributed by atoms with Gasteiger partial charge in [-0.2, -0.15) is 0 Å². The van der Waals surface area contributed by atoms with E-state index in [1.807, 2.05) is 19.1 Å². The predicted octanol–water partition coefficient (Wildman–Crippen LogP) is 2.49. The summed E-state index contributed by atoms with van der Waals surface area (Å²) >= 11 is 0. The summed E-state index contributed by atoms with van der Waals surface area (Å²) < 4.78 is 0. The molecule has 21 heavy (non-hydrogen) atoms. The van der Waals surface area contributed by atoms with Crippen LogP contribution in [0.1, 0.15) is 44.2 Å².